The minimum absolute atomic E-state index is 0.159. The highest BCUT2D eigenvalue weighted by atomic mass is 35.5. The summed E-state index contributed by atoms with van der Waals surface area (Å²) in [5.74, 6) is 0.0572. The minimum Gasteiger partial charge on any atom is -0.352 e. The third-order valence-corrected chi connectivity index (χ3v) is 3.96. The van der Waals surface area contributed by atoms with Crippen molar-refractivity contribution in [3.05, 3.63) is 9.47 Å². The fraction of sp³-hybridized carbons (Fsp3) is 0.600. The van der Waals surface area contributed by atoms with Crippen molar-refractivity contribution in [2.24, 2.45) is 11.7 Å². The number of carbonyl (C=O) groups excluding carboxylic acids is 2. The molecule has 1 unspecified atom stereocenters. The molecule has 7 nitrogen and oxygen atoms in total. The standard InChI is InChI=1S/C10H14ClN5O2S/c11-9-15-14-7(19-9)8(17)16-3-1-2-6(5-16)4-13-10(12)18/h6H,1-5H2,(H3,12,13,18). The van der Waals surface area contributed by atoms with Crippen LogP contribution < -0.4 is 11.1 Å². The highest BCUT2D eigenvalue weighted by molar-refractivity contribution is 7.17. The van der Waals surface area contributed by atoms with Crippen molar-refractivity contribution < 1.29 is 9.59 Å². The van der Waals surface area contributed by atoms with Crippen LogP contribution in [0.3, 0.4) is 0 Å². The van der Waals surface area contributed by atoms with Crippen molar-refractivity contribution in [1.82, 2.24) is 20.4 Å². The van der Waals surface area contributed by atoms with Gasteiger partial charge in [0.25, 0.3) is 5.91 Å². The number of aromatic nitrogens is 2. The molecule has 9 heteroatoms. The first-order valence-corrected chi connectivity index (χ1v) is 7.07. The number of hydrogen-bond acceptors (Lipinski definition) is 5. The zero-order valence-electron chi connectivity index (χ0n) is 10.1. The first-order chi connectivity index (χ1) is 9.06. The summed E-state index contributed by atoms with van der Waals surface area (Å²) in [5.41, 5.74) is 5.04. The molecule has 0 bridgehead atoms. The first kappa shape index (κ1) is 14.0. The Morgan fingerprint density at radius 3 is 2.95 bits per heavy atom. The van der Waals surface area contributed by atoms with E-state index in [1.807, 2.05) is 0 Å². The number of amides is 3. The Morgan fingerprint density at radius 1 is 1.53 bits per heavy atom. The maximum absolute atomic E-state index is 12.2. The van der Waals surface area contributed by atoms with Crippen LogP contribution in [0.5, 0.6) is 0 Å². The Kier molecular flexibility index (Phi) is 4.54. The lowest BCUT2D eigenvalue weighted by Gasteiger charge is -2.32. The lowest BCUT2D eigenvalue weighted by molar-refractivity contribution is 0.0674. The number of nitrogens with two attached hydrogens (primary N) is 1. The van der Waals surface area contributed by atoms with Crippen LogP contribution in [0.4, 0.5) is 4.79 Å². The maximum atomic E-state index is 12.2. The number of primary amides is 1. The second kappa shape index (κ2) is 6.16. The Morgan fingerprint density at radius 2 is 2.32 bits per heavy atom. The summed E-state index contributed by atoms with van der Waals surface area (Å²) in [6.07, 6.45) is 1.85. The minimum atomic E-state index is -0.542. The van der Waals surface area contributed by atoms with Gasteiger partial charge in [0, 0.05) is 19.6 Å². The van der Waals surface area contributed by atoms with Crippen LogP contribution in [0.25, 0.3) is 0 Å². The monoisotopic (exact) mass is 303 g/mol. The molecule has 1 aliphatic rings. The summed E-state index contributed by atoms with van der Waals surface area (Å²) >= 11 is 6.74. The fourth-order valence-corrected chi connectivity index (χ4v) is 2.88. The summed E-state index contributed by atoms with van der Waals surface area (Å²) in [6.45, 7) is 1.75. The van der Waals surface area contributed by atoms with Gasteiger partial charge in [0.05, 0.1) is 0 Å². The largest absolute Gasteiger partial charge is 0.352 e. The predicted molar refractivity (Wildman–Crippen MR) is 71.1 cm³/mol. The van der Waals surface area contributed by atoms with Crippen LogP contribution in [0.1, 0.15) is 22.6 Å². The number of carbonyl (C=O) groups is 2. The van der Waals surface area contributed by atoms with Gasteiger partial charge >= 0.3 is 6.03 Å². The maximum Gasteiger partial charge on any atom is 0.312 e. The van der Waals surface area contributed by atoms with Gasteiger partial charge in [-0.2, -0.15) is 0 Å². The number of nitrogens with zero attached hydrogens (tertiary/aromatic N) is 3. The van der Waals surface area contributed by atoms with Gasteiger partial charge in [-0.3, -0.25) is 4.79 Å². The SMILES string of the molecule is NC(=O)NCC1CCCN(C(=O)c2nnc(Cl)s2)C1. The molecule has 1 aromatic rings. The molecule has 0 saturated carbocycles. The van der Waals surface area contributed by atoms with Gasteiger partial charge in [-0.25, -0.2) is 4.79 Å². The van der Waals surface area contributed by atoms with Crippen LogP contribution >= 0.6 is 22.9 Å². The van der Waals surface area contributed by atoms with Gasteiger partial charge in [0.15, 0.2) is 0 Å². The molecule has 0 aromatic carbocycles. The van der Waals surface area contributed by atoms with Crippen LogP contribution in [-0.2, 0) is 0 Å². The van der Waals surface area contributed by atoms with E-state index >= 15 is 0 Å². The number of halogens is 1. The first-order valence-electron chi connectivity index (χ1n) is 5.88. The average molecular weight is 304 g/mol. The molecule has 1 atom stereocenters. The van der Waals surface area contributed by atoms with E-state index < -0.39 is 6.03 Å². The van der Waals surface area contributed by atoms with Crippen molar-refractivity contribution in [3.8, 4) is 0 Å². The summed E-state index contributed by atoms with van der Waals surface area (Å²) in [4.78, 5) is 24.6. The van der Waals surface area contributed by atoms with Crippen LogP contribution in [0.2, 0.25) is 4.47 Å². The molecule has 104 valence electrons. The molecule has 1 fully saturated rings. The zero-order valence-corrected chi connectivity index (χ0v) is 11.7. The lowest BCUT2D eigenvalue weighted by Crippen LogP contribution is -2.44. The van der Waals surface area contributed by atoms with Gasteiger partial charge in [-0.05, 0) is 30.4 Å². The van der Waals surface area contributed by atoms with Crippen molar-refractivity contribution in [3.63, 3.8) is 0 Å². The van der Waals surface area contributed by atoms with Crippen molar-refractivity contribution in [2.75, 3.05) is 19.6 Å². The third-order valence-electron chi connectivity index (χ3n) is 2.95. The van der Waals surface area contributed by atoms with Gasteiger partial charge < -0.3 is 16.0 Å². The van der Waals surface area contributed by atoms with E-state index in [2.05, 4.69) is 15.5 Å². The number of hydrogen-bond donors (Lipinski definition) is 2. The van der Waals surface area contributed by atoms with Crippen LogP contribution in [0.15, 0.2) is 0 Å². The van der Waals surface area contributed by atoms with Crippen molar-refractivity contribution in [1.29, 1.82) is 0 Å². The second-order valence-corrected chi connectivity index (χ2v) is 5.92. The fourth-order valence-electron chi connectivity index (χ4n) is 2.09. The molecular formula is C10H14ClN5O2S. The Hall–Kier alpha value is -1.41. The molecule has 1 aliphatic heterocycles. The van der Waals surface area contributed by atoms with E-state index in [0.717, 1.165) is 24.2 Å². The highest BCUT2D eigenvalue weighted by Gasteiger charge is 2.26. The number of piperidine rings is 1. The van der Waals surface area contributed by atoms with Crippen molar-refractivity contribution in [2.45, 2.75) is 12.8 Å². The van der Waals surface area contributed by atoms with Gasteiger partial charge in [0.1, 0.15) is 0 Å². The molecule has 0 radical (unpaired) electrons. The normalized spacial score (nSPS) is 19.2. The molecular weight excluding hydrogens is 290 g/mol. The van der Waals surface area contributed by atoms with Crippen molar-refractivity contribution >= 4 is 34.9 Å². The predicted octanol–water partition coefficient (Wildman–Crippen LogP) is 0.712. The summed E-state index contributed by atoms with van der Waals surface area (Å²) in [6, 6.07) is -0.542. The third kappa shape index (κ3) is 3.77. The molecule has 3 N–H and O–H groups in total. The summed E-state index contributed by atoms with van der Waals surface area (Å²) < 4.78 is 0.257. The van der Waals surface area contributed by atoms with Gasteiger partial charge in [-0.1, -0.05) is 11.3 Å². The molecule has 3 amide bonds. The Bertz CT molecular complexity index is 480. The molecule has 1 aromatic heterocycles. The van der Waals surface area contributed by atoms with E-state index in [4.69, 9.17) is 17.3 Å². The van der Waals surface area contributed by atoms with E-state index in [1.54, 1.807) is 4.90 Å². The van der Waals surface area contributed by atoms with E-state index in [1.165, 1.54) is 0 Å². The smallest absolute Gasteiger partial charge is 0.312 e. The van der Waals surface area contributed by atoms with Gasteiger partial charge in [0.2, 0.25) is 9.47 Å². The zero-order chi connectivity index (χ0) is 13.8. The van der Waals surface area contributed by atoms with Gasteiger partial charge in [-0.15, -0.1) is 10.2 Å². The summed E-state index contributed by atoms with van der Waals surface area (Å²) in [5, 5.41) is 10.2. The van der Waals surface area contributed by atoms with E-state index in [0.29, 0.717) is 24.6 Å². The molecule has 0 spiro atoms. The quantitative estimate of drug-likeness (QED) is 0.858. The summed E-state index contributed by atoms with van der Waals surface area (Å²) in [7, 11) is 0. The lowest BCUT2D eigenvalue weighted by atomic mass is 9.98. The average Bonchev–Trinajstić information content (AvgIpc) is 2.82. The van der Waals surface area contributed by atoms with E-state index in [9.17, 15) is 9.59 Å². The Balaban J connectivity index is 1.93. The molecule has 2 rings (SSSR count). The molecule has 2 heterocycles. The van der Waals surface area contributed by atoms with E-state index in [-0.39, 0.29) is 16.3 Å². The number of nitrogens with one attached hydrogen (secondary N) is 1. The number of likely N-dealkylation sites (tertiary alicyclic amines) is 1. The number of rotatable bonds is 3. The van der Waals surface area contributed by atoms with Crippen LogP contribution in [-0.4, -0.2) is 46.7 Å². The highest BCUT2D eigenvalue weighted by Crippen LogP contribution is 2.21. The topological polar surface area (TPSA) is 101 Å². The Labute approximate surface area is 119 Å². The molecule has 19 heavy (non-hydrogen) atoms. The number of urea groups is 1. The molecule has 1 saturated heterocycles. The van der Waals surface area contributed by atoms with Crippen LogP contribution in [0, 0.1) is 5.92 Å². The second-order valence-electron chi connectivity index (χ2n) is 4.36. The molecule has 0 aliphatic carbocycles.